The first-order chi connectivity index (χ1) is 11.0. The molecule has 2 aromatic carbocycles. The van der Waals surface area contributed by atoms with Crippen molar-refractivity contribution in [2.45, 2.75) is 0 Å². The number of carbonyl (C=O) groups excluding carboxylic acids is 2. The summed E-state index contributed by atoms with van der Waals surface area (Å²) in [6.07, 6.45) is 1.43. The van der Waals surface area contributed by atoms with Gasteiger partial charge in [-0.1, -0.05) is 57.3 Å². The van der Waals surface area contributed by atoms with Gasteiger partial charge in [-0.3, -0.25) is 9.59 Å². The molecule has 2 N–H and O–H groups in total. The maximum Gasteiger partial charge on any atom is 0.329 e. The van der Waals surface area contributed by atoms with Crippen LogP contribution in [0.4, 0.5) is 5.69 Å². The van der Waals surface area contributed by atoms with E-state index in [1.807, 2.05) is 18.2 Å². The molecule has 0 heterocycles. The molecule has 0 radical (unpaired) electrons. The summed E-state index contributed by atoms with van der Waals surface area (Å²) < 4.78 is 0.818. The molecule has 23 heavy (non-hydrogen) atoms. The van der Waals surface area contributed by atoms with Crippen LogP contribution in [0, 0.1) is 0 Å². The zero-order chi connectivity index (χ0) is 16.8. The van der Waals surface area contributed by atoms with Crippen LogP contribution in [0.2, 0.25) is 10.0 Å². The first kappa shape index (κ1) is 17.5. The Morgan fingerprint density at radius 2 is 1.78 bits per heavy atom. The van der Waals surface area contributed by atoms with Crippen LogP contribution in [-0.4, -0.2) is 18.0 Å². The summed E-state index contributed by atoms with van der Waals surface area (Å²) in [4.78, 5) is 23.4. The van der Waals surface area contributed by atoms with Crippen LogP contribution in [0.15, 0.2) is 52.0 Å². The number of amides is 2. The predicted octanol–water partition coefficient (Wildman–Crippen LogP) is 3.84. The Balaban J connectivity index is 1.94. The first-order valence-corrected chi connectivity index (χ1v) is 7.86. The van der Waals surface area contributed by atoms with Crippen molar-refractivity contribution in [2.75, 3.05) is 5.32 Å². The Bertz CT molecular complexity index is 781. The van der Waals surface area contributed by atoms with E-state index >= 15 is 0 Å². The minimum Gasteiger partial charge on any atom is -0.318 e. The highest BCUT2D eigenvalue weighted by Gasteiger charge is 2.13. The highest BCUT2D eigenvalue weighted by atomic mass is 79.9. The van der Waals surface area contributed by atoms with Crippen molar-refractivity contribution >= 4 is 62.8 Å². The van der Waals surface area contributed by atoms with Crippen molar-refractivity contribution in [1.29, 1.82) is 0 Å². The average molecular weight is 415 g/mol. The van der Waals surface area contributed by atoms with Crippen molar-refractivity contribution < 1.29 is 9.59 Å². The van der Waals surface area contributed by atoms with Crippen molar-refractivity contribution in [3.05, 3.63) is 62.5 Å². The van der Waals surface area contributed by atoms with Gasteiger partial charge in [0, 0.05) is 15.7 Å². The average Bonchev–Trinajstić information content (AvgIpc) is 2.52. The Hall–Kier alpha value is -1.89. The standard InChI is InChI=1S/C15H10BrCl2N3O2/c16-11-4-2-1-3-9(11)8-19-21-15(23)14(22)20-10-5-6-12(17)13(18)7-10/h1-8H,(H,20,22)(H,21,23)/b19-8+. The molecule has 2 rings (SSSR count). The van der Waals surface area contributed by atoms with Gasteiger partial charge in [0.05, 0.1) is 16.3 Å². The lowest BCUT2D eigenvalue weighted by atomic mass is 10.2. The molecule has 118 valence electrons. The zero-order valence-electron chi connectivity index (χ0n) is 11.5. The van der Waals surface area contributed by atoms with E-state index in [9.17, 15) is 9.59 Å². The summed E-state index contributed by atoms with van der Waals surface area (Å²) in [5, 5.41) is 6.76. The third kappa shape index (κ3) is 5.06. The minimum absolute atomic E-state index is 0.275. The first-order valence-electron chi connectivity index (χ1n) is 6.31. The van der Waals surface area contributed by atoms with E-state index in [4.69, 9.17) is 23.2 Å². The molecule has 0 spiro atoms. The second-order valence-corrected chi connectivity index (χ2v) is 5.97. The fraction of sp³-hybridized carbons (Fsp3) is 0. The van der Waals surface area contributed by atoms with Gasteiger partial charge in [0.2, 0.25) is 0 Å². The Labute approximate surface area is 150 Å². The number of carbonyl (C=O) groups is 2. The highest BCUT2D eigenvalue weighted by molar-refractivity contribution is 9.10. The van der Waals surface area contributed by atoms with Gasteiger partial charge in [0.25, 0.3) is 0 Å². The number of benzene rings is 2. The van der Waals surface area contributed by atoms with E-state index in [-0.39, 0.29) is 5.02 Å². The topological polar surface area (TPSA) is 70.6 Å². The molecular formula is C15H10BrCl2N3O2. The lowest BCUT2D eigenvalue weighted by molar-refractivity contribution is -0.136. The molecule has 0 aliphatic carbocycles. The second kappa shape index (κ2) is 8.10. The molecule has 0 fully saturated rings. The monoisotopic (exact) mass is 413 g/mol. The summed E-state index contributed by atoms with van der Waals surface area (Å²) in [5.74, 6) is -1.77. The third-order valence-electron chi connectivity index (χ3n) is 2.66. The van der Waals surface area contributed by atoms with E-state index in [0.717, 1.165) is 10.0 Å². The van der Waals surface area contributed by atoms with Gasteiger partial charge in [0.1, 0.15) is 0 Å². The number of hydrogen-bond acceptors (Lipinski definition) is 3. The third-order valence-corrected chi connectivity index (χ3v) is 4.12. The van der Waals surface area contributed by atoms with Crippen LogP contribution in [0.3, 0.4) is 0 Å². The molecule has 2 aromatic rings. The van der Waals surface area contributed by atoms with Gasteiger partial charge in [-0.05, 0) is 24.3 Å². The lowest BCUT2D eigenvalue weighted by Gasteiger charge is -2.05. The molecule has 0 aromatic heterocycles. The highest BCUT2D eigenvalue weighted by Crippen LogP contribution is 2.24. The van der Waals surface area contributed by atoms with Crippen LogP contribution < -0.4 is 10.7 Å². The van der Waals surface area contributed by atoms with Crippen LogP contribution >= 0.6 is 39.1 Å². The van der Waals surface area contributed by atoms with Crippen LogP contribution in [0.25, 0.3) is 0 Å². The molecular weight excluding hydrogens is 405 g/mol. The molecule has 0 bridgehead atoms. The van der Waals surface area contributed by atoms with Crippen molar-refractivity contribution in [2.24, 2.45) is 5.10 Å². The van der Waals surface area contributed by atoms with Gasteiger partial charge < -0.3 is 5.32 Å². The zero-order valence-corrected chi connectivity index (χ0v) is 14.6. The quantitative estimate of drug-likeness (QED) is 0.455. The number of nitrogens with zero attached hydrogens (tertiary/aromatic N) is 1. The van der Waals surface area contributed by atoms with Crippen LogP contribution in [0.5, 0.6) is 0 Å². The van der Waals surface area contributed by atoms with Crippen molar-refractivity contribution in [3.63, 3.8) is 0 Å². The fourth-order valence-electron chi connectivity index (χ4n) is 1.55. The van der Waals surface area contributed by atoms with Crippen molar-refractivity contribution in [3.8, 4) is 0 Å². The molecule has 0 unspecified atom stereocenters. The molecule has 0 atom stereocenters. The summed E-state index contributed by atoms with van der Waals surface area (Å²) in [6.45, 7) is 0. The maximum atomic E-state index is 11.7. The molecule has 8 heteroatoms. The van der Waals surface area contributed by atoms with E-state index in [1.54, 1.807) is 6.07 Å². The van der Waals surface area contributed by atoms with E-state index in [0.29, 0.717) is 10.7 Å². The summed E-state index contributed by atoms with van der Waals surface area (Å²) in [5.41, 5.74) is 3.26. The molecule has 0 aliphatic rings. The number of halogens is 3. The normalized spacial score (nSPS) is 10.6. The molecule has 0 saturated carbocycles. The molecule has 2 amide bonds. The van der Waals surface area contributed by atoms with Gasteiger partial charge in [-0.25, -0.2) is 5.43 Å². The number of hydrogen-bond donors (Lipinski definition) is 2. The summed E-state index contributed by atoms with van der Waals surface area (Å²) in [7, 11) is 0. The number of anilines is 1. The number of rotatable bonds is 3. The van der Waals surface area contributed by atoms with Crippen LogP contribution in [0.1, 0.15) is 5.56 Å². The minimum atomic E-state index is -0.903. The largest absolute Gasteiger partial charge is 0.329 e. The van der Waals surface area contributed by atoms with Gasteiger partial charge in [-0.15, -0.1) is 0 Å². The molecule has 0 saturated heterocycles. The Morgan fingerprint density at radius 1 is 1.04 bits per heavy atom. The van der Waals surface area contributed by atoms with Crippen LogP contribution in [-0.2, 0) is 9.59 Å². The second-order valence-electron chi connectivity index (χ2n) is 4.30. The Morgan fingerprint density at radius 3 is 2.48 bits per heavy atom. The summed E-state index contributed by atoms with van der Waals surface area (Å²) in [6, 6.07) is 11.8. The van der Waals surface area contributed by atoms with Crippen molar-refractivity contribution in [1.82, 2.24) is 5.43 Å². The smallest absolute Gasteiger partial charge is 0.318 e. The summed E-state index contributed by atoms with van der Waals surface area (Å²) >= 11 is 14.9. The van der Waals surface area contributed by atoms with E-state index < -0.39 is 11.8 Å². The SMILES string of the molecule is O=C(N/N=C/c1ccccc1Br)C(=O)Nc1ccc(Cl)c(Cl)c1. The van der Waals surface area contributed by atoms with Gasteiger partial charge >= 0.3 is 11.8 Å². The lowest BCUT2D eigenvalue weighted by Crippen LogP contribution is -2.32. The number of hydrazone groups is 1. The molecule has 0 aliphatic heterocycles. The number of nitrogens with one attached hydrogen (secondary N) is 2. The fourth-order valence-corrected chi connectivity index (χ4v) is 2.24. The Kier molecular flexibility index (Phi) is 6.15. The predicted molar refractivity (Wildman–Crippen MR) is 95.0 cm³/mol. The van der Waals surface area contributed by atoms with E-state index in [1.165, 1.54) is 24.4 Å². The van der Waals surface area contributed by atoms with E-state index in [2.05, 4.69) is 31.8 Å². The maximum absolute atomic E-state index is 11.7. The van der Waals surface area contributed by atoms with Gasteiger partial charge in [-0.2, -0.15) is 5.10 Å². The molecule has 5 nitrogen and oxygen atoms in total. The van der Waals surface area contributed by atoms with Gasteiger partial charge in [0.15, 0.2) is 0 Å².